The Kier molecular flexibility index (Phi) is 2.73. The fourth-order valence-corrected chi connectivity index (χ4v) is 1.45. The van der Waals surface area contributed by atoms with E-state index in [1.54, 1.807) is 18.5 Å². The maximum absolute atomic E-state index is 11.2. The van der Waals surface area contributed by atoms with Crippen LogP contribution in [0.4, 0.5) is 10.9 Å². The molecule has 0 atom stereocenters. The second-order valence-corrected chi connectivity index (χ2v) is 3.77. The summed E-state index contributed by atoms with van der Waals surface area (Å²) >= 11 is 1.31. The minimum Gasteiger partial charge on any atom is -0.290 e. The number of H-pyrrole nitrogens is 2. The summed E-state index contributed by atoms with van der Waals surface area (Å²) in [5.41, 5.74) is -0.777. The Labute approximate surface area is 92.9 Å². The lowest BCUT2D eigenvalue weighted by Gasteiger charge is -1.94. The van der Waals surface area contributed by atoms with Crippen LogP contribution < -0.4 is 11.2 Å². The quantitative estimate of drug-likeness (QED) is 0.768. The van der Waals surface area contributed by atoms with Crippen molar-refractivity contribution >= 4 is 22.3 Å². The molecule has 0 amide bonds. The topological polar surface area (TPSA) is 103 Å². The first-order valence-corrected chi connectivity index (χ1v) is 5.19. The summed E-state index contributed by atoms with van der Waals surface area (Å²) in [5, 5.41) is 9.77. The molecule has 0 aliphatic carbocycles. The van der Waals surface area contributed by atoms with Gasteiger partial charge in [0.05, 0.1) is 5.56 Å². The molecule has 2 heterocycles. The standard InChI is InChI=1S/C8H7N5O2S/c1-4-5(10-7(15)11-6(4)14)12-13-8-9-2-3-16-8/h2-3H,1H3,(H2,10,11,14,15). The van der Waals surface area contributed by atoms with Crippen molar-refractivity contribution in [2.24, 2.45) is 10.2 Å². The van der Waals surface area contributed by atoms with Crippen LogP contribution in [-0.2, 0) is 0 Å². The van der Waals surface area contributed by atoms with E-state index in [0.717, 1.165) is 0 Å². The largest absolute Gasteiger partial charge is 0.327 e. The van der Waals surface area contributed by atoms with E-state index in [1.165, 1.54) is 11.3 Å². The Morgan fingerprint density at radius 2 is 2.12 bits per heavy atom. The van der Waals surface area contributed by atoms with Crippen LogP contribution in [0.1, 0.15) is 5.56 Å². The maximum atomic E-state index is 11.2. The number of thiazole rings is 1. The molecule has 0 spiro atoms. The van der Waals surface area contributed by atoms with E-state index in [9.17, 15) is 9.59 Å². The van der Waals surface area contributed by atoms with Gasteiger partial charge in [0.25, 0.3) is 5.56 Å². The summed E-state index contributed by atoms with van der Waals surface area (Å²) in [6, 6.07) is 0. The van der Waals surface area contributed by atoms with Gasteiger partial charge in [0.15, 0.2) is 5.82 Å². The van der Waals surface area contributed by atoms with E-state index in [2.05, 4.69) is 25.2 Å². The highest BCUT2D eigenvalue weighted by molar-refractivity contribution is 7.13. The molecule has 2 aromatic heterocycles. The molecule has 2 aromatic rings. The number of nitrogens with one attached hydrogen (secondary N) is 2. The van der Waals surface area contributed by atoms with Gasteiger partial charge in [-0.3, -0.25) is 14.8 Å². The van der Waals surface area contributed by atoms with Gasteiger partial charge < -0.3 is 0 Å². The average molecular weight is 237 g/mol. The zero-order valence-electron chi connectivity index (χ0n) is 8.22. The number of aromatic amines is 2. The van der Waals surface area contributed by atoms with Crippen molar-refractivity contribution in [3.8, 4) is 0 Å². The van der Waals surface area contributed by atoms with Crippen molar-refractivity contribution in [3.63, 3.8) is 0 Å². The second kappa shape index (κ2) is 4.19. The first-order valence-electron chi connectivity index (χ1n) is 4.31. The molecule has 0 saturated heterocycles. The van der Waals surface area contributed by atoms with Crippen LogP contribution >= 0.6 is 11.3 Å². The van der Waals surface area contributed by atoms with Crippen molar-refractivity contribution in [3.05, 3.63) is 38.0 Å². The molecule has 82 valence electrons. The van der Waals surface area contributed by atoms with Gasteiger partial charge in [-0.2, -0.15) is 0 Å². The molecule has 0 aliphatic heterocycles. The Balaban J connectivity index is 2.42. The number of aromatic nitrogens is 3. The summed E-state index contributed by atoms with van der Waals surface area (Å²) < 4.78 is 0. The zero-order valence-corrected chi connectivity index (χ0v) is 9.04. The van der Waals surface area contributed by atoms with Crippen LogP contribution in [0.15, 0.2) is 31.4 Å². The molecule has 16 heavy (non-hydrogen) atoms. The average Bonchev–Trinajstić information content (AvgIpc) is 2.74. The lowest BCUT2D eigenvalue weighted by atomic mass is 10.3. The van der Waals surface area contributed by atoms with Gasteiger partial charge in [-0.1, -0.05) is 0 Å². The van der Waals surface area contributed by atoms with Gasteiger partial charge in [0, 0.05) is 11.6 Å². The minimum absolute atomic E-state index is 0.143. The summed E-state index contributed by atoms with van der Waals surface area (Å²) in [6.07, 6.45) is 1.59. The van der Waals surface area contributed by atoms with Crippen LogP contribution in [0.3, 0.4) is 0 Å². The van der Waals surface area contributed by atoms with Crippen molar-refractivity contribution in [1.82, 2.24) is 15.0 Å². The number of rotatable bonds is 2. The number of hydrogen-bond donors (Lipinski definition) is 2. The minimum atomic E-state index is -0.608. The van der Waals surface area contributed by atoms with Crippen LogP contribution in [0.2, 0.25) is 0 Å². The molecule has 0 aliphatic rings. The van der Waals surface area contributed by atoms with Crippen molar-refractivity contribution < 1.29 is 0 Å². The molecular weight excluding hydrogens is 230 g/mol. The van der Waals surface area contributed by atoms with Crippen molar-refractivity contribution in [1.29, 1.82) is 0 Å². The molecular formula is C8H7N5O2S. The van der Waals surface area contributed by atoms with Crippen LogP contribution in [0.5, 0.6) is 0 Å². The van der Waals surface area contributed by atoms with Gasteiger partial charge in [-0.15, -0.1) is 21.6 Å². The second-order valence-electron chi connectivity index (χ2n) is 2.90. The number of nitrogens with zero attached hydrogens (tertiary/aromatic N) is 3. The molecule has 0 fully saturated rings. The molecule has 0 saturated carbocycles. The highest BCUT2D eigenvalue weighted by Gasteiger charge is 2.03. The van der Waals surface area contributed by atoms with Gasteiger partial charge in [0.2, 0.25) is 5.13 Å². The van der Waals surface area contributed by atoms with Gasteiger partial charge in [0.1, 0.15) is 0 Å². The molecule has 8 heteroatoms. The smallest absolute Gasteiger partial charge is 0.290 e. The summed E-state index contributed by atoms with van der Waals surface area (Å²) in [6.45, 7) is 1.55. The normalized spacial score (nSPS) is 11.1. The zero-order chi connectivity index (χ0) is 11.5. The van der Waals surface area contributed by atoms with Gasteiger partial charge in [-0.25, -0.2) is 9.78 Å². The SMILES string of the molecule is Cc1c(N=Nc2nccs2)[nH]c(=O)[nH]c1=O. The first-order chi connectivity index (χ1) is 7.66. The van der Waals surface area contributed by atoms with E-state index < -0.39 is 11.2 Å². The summed E-state index contributed by atoms with van der Waals surface area (Å²) in [5.74, 6) is 0.143. The Bertz CT molecular complexity index is 625. The monoisotopic (exact) mass is 237 g/mol. The first kappa shape index (κ1) is 10.4. The number of hydrogen-bond acceptors (Lipinski definition) is 6. The van der Waals surface area contributed by atoms with Gasteiger partial charge >= 0.3 is 5.69 Å². The Hall–Kier alpha value is -2.09. The predicted octanol–water partition coefficient (Wildman–Crippen LogP) is 1.24. The predicted molar refractivity (Wildman–Crippen MR) is 58.7 cm³/mol. The molecule has 0 bridgehead atoms. The Morgan fingerprint density at radius 3 is 2.81 bits per heavy atom. The third-order valence-electron chi connectivity index (χ3n) is 1.81. The van der Waals surface area contributed by atoms with E-state index in [-0.39, 0.29) is 5.82 Å². The van der Waals surface area contributed by atoms with Crippen molar-refractivity contribution in [2.75, 3.05) is 0 Å². The van der Waals surface area contributed by atoms with Crippen molar-refractivity contribution in [2.45, 2.75) is 6.92 Å². The summed E-state index contributed by atoms with van der Waals surface area (Å²) in [4.78, 5) is 30.6. The van der Waals surface area contributed by atoms with Crippen LogP contribution in [0, 0.1) is 6.92 Å². The summed E-state index contributed by atoms with van der Waals surface area (Å²) in [7, 11) is 0. The highest BCUT2D eigenvalue weighted by Crippen LogP contribution is 2.18. The molecule has 2 N–H and O–H groups in total. The molecule has 2 rings (SSSR count). The Morgan fingerprint density at radius 1 is 1.31 bits per heavy atom. The lowest BCUT2D eigenvalue weighted by Crippen LogP contribution is -2.23. The third-order valence-corrected chi connectivity index (χ3v) is 2.47. The number of azo groups is 1. The third kappa shape index (κ3) is 2.11. The fraction of sp³-hybridized carbons (Fsp3) is 0.125. The fourth-order valence-electron chi connectivity index (χ4n) is 0.995. The highest BCUT2D eigenvalue weighted by atomic mass is 32.1. The molecule has 7 nitrogen and oxygen atoms in total. The van der Waals surface area contributed by atoms with E-state index in [0.29, 0.717) is 10.7 Å². The maximum Gasteiger partial charge on any atom is 0.327 e. The van der Waals surface area contributed by atoms with E-state index in [4.69, 9.17) is 0 Å². The molecule has 0 aromatic carbocycles. The van der Waals surface area contributed by atoms with Crippen LogP contribution in [0.25, 0.3) is 0 Å². The van der Waals surface area contributed by atoms with Crippen LogP contribution in [-0.4, -0.2) is 15.0 Å². The van der Waals surface area contributed by atoms with E-state index >= 15 is 0 Å². The van der Waals surface area contributed by atoms with Gasteiger partial charge in [-0.05, 0) is 6.92 Å². The molecule has 0 unspecified atom stereocenters. The molecule has 0 radical (unpaired) electrons. The van der Waals surface area contributed by atoms with E-state index in [1.807, 2.05) is 0 Å². The lowest BCUT2D eigenvalue weighted by molar-refractivity contribution is 0.981.